The molecule has 0 amide bonds. The van der Waals surface area contributed by atoms with Crippen molar-refractivity contribution in [2.45, 2.75) is 6.61 Å². The third kappa shape index (κ3) is 3.80. The van der Waals surface area contributed by atoms with Crippen LogP contribution in [0, 0.1) is 5.82 Å². The van der Waals surface area contributed by atoms with Crippen molar-refractivity contribution in [2.24, 2.45) is 5.73 Å². The number of pyridine rings is 1. The molecule has 0 radical (unpaired) electrons. The van der Waals surface area contributed by atoms with E-state index in [9.17, 15) is 4.39 Å². The number of fused-ring (bicyclic) bond motifs is 2. The first kappa shape index (κ1) is 20.4. The fraction of sp³-hybridized carbons (Fsp3) is 0.0833. The number of halogens is 1. The smallest absolute Gasteiger partial charge is 0.192 e. The van der Waals surface area contributed by atoms with Crippen LogP contribution < -0.4 is 15.2 Å². The van der Waals surface area contributed by atoms with Gasteiger partial charge >= 0.3 is 0 Å². The SMILES string of the molecule is C=C(N)c1ccc(-c2ccc3nnc(COc4ccnc5cc(OC)ccc45)n3n2)cc1F. The molecule has 0 bridgehead atoms. The molecule has 5 rings (SSSR count). The molecule has 3 heterocycles. The van der Waals surface area contributed by atoms with Crippen LogP contribution in [-0.2, 0) is 6.61 Å². The van der Waals surface area contributed by atoms with Crippen LogP contribution in [0.25, 0.3) is 33.5 Å². The highest BCUT2D eigenvalue weighted by Crippen LogP contribution is 2.28. The Balaban J connectivity index is 1.45. The van der Waals surface area contributed by atoms with Crippen molar-refractivity contribution in [3.63, 3.8) is 0 Å². The van der Waals surface area contributed by atoms with Crippen LogP contribution in [0.4, 0.5) is 4.39 Å². The van der Waals surface area contributed by atoms with Gasteiger partial charge in [0.1, 0.15) is 23.9 Å². The van der Waals surface area contributed by atoms with Crippen LogP contribution in [0.15, 0.2) is 67.4 Å². The molecule has 33 heavy (non-hydrogen) atoms. The van der Waals surface area contributed by atoms with Crippen LogP contribution in [0.3, 0.4) is 0 Å². The van der Waals surface area contributed by atoms with E-state index in [1.165, 1.54) is 6.07 Å². The Morgan fingerprint density at radius 2 is 1.97 bits per heavy atom. The number of nitrogens with two attached hydrogens (primary N) is 1. The average molecular weight is 442 g/mol. The lowest BCUT2D eigenvalue weighted by Crippen LogP contribution is -2.05. The fourth-order valence-corrected chi connectivity index (χ4v) is 3.51. The molecule has 0 fully saturated rings. The van der Waals surface area contributed by atoms with Crippen molar-refractivity contribution in [3.05, 3.63) is 84.6 Å². The van der Waals surface area contributed by atoms with E-state index in [4.69, 9.17) is 15.2 Å². The van der Waals surface area contributed by atoms with Crippen LogP contribution >= 0.6 is 0 Å². The van der Waals surface area contributed by atoms with Crippen molar-refractivity contribution in [3.8, 4) is 22.8 Å². The van der Waals surface area contributed by atoms with Crippen LogP contribution in [-0.4, -0.2) is 31.9 Å². The van der Waals surface area contributed by atoms with Crippen molar-refractivity contribution < 1.29 is 13.9 Å². The van der Waals surface area contributed by atoms with E-state index >= 15 is 0 Å². The lowest BCUT2D eigenvalue weighted by atomic mass is 10.1. The Morgan fingerprint density at radius 1 is 1.09 bits per heavy atom. The number of benzene rings is 2. The van der Waals surface area contributed by atoms with E-state index in [0.717, 1.165) is 10.9 Å². The third-order valence-electron chi connectivity index (χ3n) is 5.20. The average Bonchev–Trinajstić information content (AvgIpc) is 3.24. The maximum absolute atomic E-state index is 14.4. The zero-order chi connectivity index (χ0) is 22.9. The minimum absolute atomic E-state index is 0.128. The molecule has 9 heteroatoms. The van der Waals surface area contributed by atoms with Crippen LogP contribution in [0.2, 0.25) is 0 Å². The summed E-state index contributed by atoms with van der Waals surface area (Å²) in [5.74, 6) is 1.40. The topological polar surface area (TPSA) is 100 Å². The highest BCUT2D eigenvalue weighted by Gasteiger charge is 2.13. The van der Waals surface area contributed by atoms with Gasteiger partial charge in [-0.3, -0.25) is 4.98 Å². The summed E-state index contributed by atoms with van der Waals surface area (Å²) in [5, 5.41) is 13.8. The maximum Gasteiger partial charge on any atom is 0.192 e. The summed E-state index contributed by atoms with van der Waals surface area (Å²) in [5.41, 5.74) is 8.50. The molecule has 0 atom stereocenters. The van der Waals surface area contributed by atoms with Crippen molar-refractivity contribution in [1.29, 1.82) is 0 Å². The van der Waals surface area contributed by atoms with Gasteiger partial charge in [0.15, 0.2) is 11.5 Å². The molecule has 2 aromatic carbocycles. The fourth-order valence-electron chi connectivity index (χ4n) is 3.51. The highest BCUT2D eigenvalue weighted by atomic mass is 19.1. The normalized spacial score (nSPS) is 11.1. The van der Waals surface area contributed by atoms with Gasteiger partial charge in [-0.15, -0.1) is 10.2 Å². The van der Waals surface area contributed by atoms with Crippen LogP contribution in [0.5, 0.6) is 11.5 Å². The minimum Gasteiger partial charge on any atom is -0.497 e. The molecule has 0 aliphatic heterocycles. The Morgan fingerprint density at radius 3 is 2.76 bits per heavy atom. The third-order valence-corrected chi connectivity index (χ3v) is 5.20. The Bertz CT molecular complexity index is 1510. The molecule has 2 N–H and O–H groups in total. The van der Waals surface area contributed by atoms with Gasteiger partial charge in [0.25, 0.3) is 0 Å². The van der Waals surface area contributed by atoms with E-state index in [1.54, 1.807) is 48.2 Å². The monoisotopic (exact) mass is 442 g/mol. The summed E-state index contributed by atoms with van der Waals surface area (Å²) in [6.07, 6.45) is 1.67. The second-order valence-corrected chi connectivity index (χ2v) is 7.31. The summed E-state index contributed by atoms with van der Waals surface area (Å²) >= 11 is 0. The molecule has 164 valence electrons. The standard InChI is InChI=1S/C24H19FN6O2/c1-14(26)17-5-3-15(11-19(17)25)20-7-8-23-28-29-24(31(23)30-20)13-33-22-9-10-27-21-12-16(32-2)4-6-18(21)22/h3-12H,1,13,26H2,2H3. The second kappa shape index (κ2) is 8.19. The first-order chi connectivity index (χ1) is 16.0. The Kier molecular flexibility index (Phi) is 5.06. The number of nitrogens with zero attached hydrogens (tertiary/aromatic N) is 5. The highest BCUT2D eigenvalue weighted by molar-refractivity contribution is 5.85. The minimum atomic E-state index is -0.463. The van der Waals surface area contributed by atoms with E-state index in [0.29, 0.717) is 34.2 Å². The lowest BCUT2D eigenvalue weighted by Gasteiger charge is -2.09. The molecular weight excluding hydrogens is 423 g/mol. The summed E-state index contributed by atoms with van der Waals surface area (Å²) in [7, 11) is 1.61. The van der Waals surface area contributed by atoms with Gasteiger partial charge in [-0.2, -0.15) is 9.61 Å². The van der Waals surface area contributed by atoms with Crippen molar-refractivity contribution in [1.82, 2.24) is 24.8 Å². The second-order valence-electron chi connectivity index (χ2n) is 7.31. The molecule has 0 saturated heterocycles. The summed E-state index contributed by atoms with van der Waals surface area (Å²) in [6.45, 7) is 3.71. The quantitative estimate of drug-likeness (QED) is 0.424. The molecule has 0 unspecified atom stereocenters. The number of aromatic nitrogens is 5. The summed E-state index contributed by atoms with van der Waals surface area (Å²) < 4.78 is 27.2. The summed E-state index contributed by atoms with van der Waals surface area (Å²) in [6, 6.07) is 15.6. The predicted octanol–water partition coefficient (Wildman–Crippen LogP) is 4.00. The van der Waals surface area contributed by atoms with Gasteiger partial charge in [-0.05, 0) is 42.5 Å². The van der Waals surface area contributed by atoms with Crippen molar-refractivity contribution in [2.75, 3.05) is 7.11 Å². The molecule has 0 aliphatic carbocycles. The largest absolute Gasteiger partial charge is 0.497 e. The molecule has 0 saturated carbocycles. The van der Waals surface area contributed by atoms with Gasteiger partial charge in [-0.1, -0.05) is 12.6 Å². The first-order valence-corrected chi connectivity index (χ1v) is 10.0. The van der Waals surface area contributed by atoms with E-state index in [-0.39, 0.29) is 17.9 Å². The summed E-state index contributed by atoms with van der Waals surface area (Å²) in [4.78, 5) is 4.37. The predicted molar refractivity (Wildman–Crippen MR) is 122 cm³/mol. The number of hydrogen-bond donors (Lipinski definition) is 1. The molecule has 3 aromatic heterocycles. The van der Waals surface area contributed by atoms with Gasteiger partial charge in [0.2, 0.25) is 0 Å². The number of hydrogen-bond acceptors (Lipinski definition) is 7. The molecule has 0 aliphatic rings. The number of methoxy groups -OCH3 is 1. The zero-order valence-electron chi connectivity index (χ0n) is 17.7. The van der Waals surface area contributed by atoms with Crippen LogP contribution in [0.1, 0.15) is 11.4 Å². The molecule has 0 spiro atoms. The molecule has 5 aromatic rings. The Hall–Kier alpha value is -4.53. The Labute approximate surface area is 188 Å². The van der Waals surface area contributed by atoms with Gasteiger partial charge in [0.05, 0.1) is 18.3 Å². The van der Waals surface area contributed by atoms with Gasteiger partial charge in [-0.25, -0.2) is 4.39 Å². The van der Waals surface area contributed by atoms with E-state index < -0.39 is 5.82 Å². The van der Waals surface area contributed by atoms with Crippen molar-refractivity contribution >= 4 is 22.2 Å². The lowest BCUT2D eigenvalue weighted by molar-refractivity contribution is 0.296. The van der Waals surface area contributed by atoms with E-state index in [2.05, 4.69) is 26.9 Å². The molecule has 8 nitrogen and oxygen atoms in total. The number of ether oxygens (including phenoxy) is 2. The maximum atomic E-state index is 14.4. The number of rotatable bonds is 6. The van der Waals surface area contributed by atoms with Gasteiger partial charge in [0, 0.05) is 34.5 Å². The van der Waals surface area contributed by atoms with Gasteiger partial charge < -0.3 is 15.2 Å². The first-order valence-electron chi connectivity index (χ1n) is 10.0. The zero-order valence-corrected chi connectivity index (χ0v) is 17.7. The van der Waals surface area contributed by atoms with E-state index in [1.807, 2.05) is 18.2 Å². The molecular formula is C24H19FN6O2.